The average molecular weight is 367 g/mol. The summed E-state index contributed by atoms with van der Waals surface area (Å²) in [6, 6.07) is 0. The van der Waals surface area contributed by atoms with Crippen LogP contribution >= 0.6 is 0 Å². The molecule has 0 aromatic rings. The van der Waals surface area contributed by atoms with Gasteiger partial charge in [-0.1, -0.05) is 13.8 Å². The summed E-state index contributed by atoms with van der Waals surface area (Å²) in [6.45, 7) is 9.57. The lowest BCUT2D eigenvalue weighted by molar-refractivity contribution is 0.0417. The zero-order chi connectivity index (χ0) is 17.1. The molecule has 2 saturated heterocycles. The molecule has 2 heterocycles. The van der Waals surface area contributed by atoms with Gasteiger partial charge in [0.1, 0.15) is 12.2 Å². The van der Waals surface area contributed by atoms with Gasteiger partial charge in [-0.05, 0) is 25.9 Å². The van der Waals surface area contributed by atoms with Crippen LogP contribution in [0.15, 0.2) is 0 Å². The van der Waals surface area contributed by atoms with Crippen molar-refractivity contribution in [2.75, 3.05) is 26.4 Å². The molecular formula is C14H30O7Si2. The Morgan fingerprint density at radius 1 is 0.913 bits per heavy atom. The average Bonchev–Trinajstić information content (AvgIpc) is 3.33. The molecule has 0 bridgehead atoms. The number of hydrogen-bond acceptors (Lipinski definition) is 7. The summed E-state index contributed by atoms with van der Waals surface area (Å²) in [5, 5.41) is 0. The van der Waals surface area contributed by atoms with Crippen molar-refractivity contribution < 1.29 is 32.7 Å². The Bertz CT molecular complexity index is 338. The van der Waals surface area contributed by atoms with Crippen LogP contribution in [0.1, 0.15) is 26.7 Å². The van der Waals surface area contributed by atoms with Gasteiger partial charge in [0.15, 0.2) is 0 Å². The van der Waals surface area contributed by atoms with E-state index in [0.717, 1.165) is 0 Å². The summed E-state index contributed by atoms with van der Waals surface area (Å²) in [7, 11) is -6.41. The molecule has 6 unspecified atom stereocenters. The quantitative estimate of drug-likeness (QED) is 0.386. The maximum Gasteiger partial charge on any atom is 0.353 e. The van der Waals surface area contributed by atoms with Gasteiger partial charge < -0.3 is 32.7 Å². The molecule has 136 valence electrons. The Labute approximate surface area is 140 Å². The Kier molecular flexibility index (Phi) is 6.79. The fourth-order valence-corrected chi connectivity index (χ4v) is 9.35. The van der Waals surface area contributed by atoms with E-state index in [1.807, 2.05) is 13.8 Å². The Balaban J connectivity index is 1.89. The van der Waals surface area contributed by atoms with E-state index in [-0.39, 0.29) is 12.2 Å². The van der Waals surface area contributed by atoms with Crippen LogP contribution in [0.4, 0.5) is 0 Å². The van der Waals surface area contributed by atoms with Gasteiger partial charge in [0.05, 0.1) is 37.9 Å². The molecule has 0 saturated carbocycles. The van der Waals surface area contributed by atoms with Crippen LogP contribution in [0.2, 0.25) is 13.1 Å². The van der Waals surface area contributed by atoms with E-state index in [4.69, 9.17) is 23.1 Å². The highest BCUT2D eigenvalue weighted by atomic mass is 28.5. The summed E-state index contributed by atoms with van der Waals surface area (Å²) in [6.07, 6.45) is 1.53. The van der Waals surface area contributed by atoms with E-state index in [2.05, 4.69) is 0 Å². The van der Waals surface area contributed by atoms with Gasteiger partial charge in [-0.15, -0.1) is 0 Å². The van der Waals surface area contributed by atoms with Crippen LogP contribution in [0.25, 0.3) is 0 Å². The molecule has 9 heteroatoms. The summed E-state index contributed by atoms with van der Waals surface area (Å²) in [4.78, 5) is 21.6. The molecular weight excluding hydrogens is 336 g/mol. The van der Waals surface area contributed by atoms with Gasteiger partial charge in [0, 0.05) is 0 Å². The smallest absolute Gasteiger partial charge is 0.353 e. The third-order valence-electron chi connectivity index (χ3n) is 4.12. The van der Waals surface area contributed by atoms with Crippen molar-refractivity contribution in [1.29, 1.82) is 0 Å². The van der Waals surface area contributed by atoms with E-state index in [9.17, 15) is 9.59 Å². The minimum atomic E-state index is -3.20. The van der Waals surface area contributed by atoms with Crippen molar-refractivity contribution in [1.82, 2.24) is 0 Å². The van der Waals surface area contributed by atoms with E-state index >= 15 is 0 Å². The molecule has 0 amide bonds. The number of rotatable bonds is 12. The zero-order valence-corrected chi connectivity index (χ0v) is 16.5. The van der Waals surface area contributed by atoms with Crippen molar-refractivity contribution >= 4 is 17.1 Å². The predicted octanol–water partition coefficient (Wildman–Crippen LogP) is 0.598. The minimum Gasteiger partial charge on any atom is -0.412 e. The third-order valence-corrected chi connectivity index (χ3v) is 11.0. The molecule has 0 radical (unpaired) electrons. The second kappa shape index (κ2) is 8.02. The highest BCUT2D eigenvalue weighted by Crippen LogP contribution is 2.25. The fraction of sp³-hybridized carbons (Fsp3) is 1.00. The monoisotopic (exact) mass is 366 g/mol. The first-order chi connectivity index (χ1) is 10.8. The standard InChI is InChI=1S/C14H30O7Si2/c1-5-13(19-9-11-7-17-11)22(3,15)21-23(4,16)14(6-2)20-10-12-8-18-12/h11-16H,5-10H2,1-4H3. The van der Waals surface area contributed by atoms with E-state index in [0.29, 0.717) is 39.3 Å². The van der Waals surface area contributed by atoms with E-state index < -0.39 is 28.6 Å². The predicted molar refractivity (Wildman–Crippen MR) is 88.3 cm³/mol. The Hall–Kier alpha value is 0.154. The number of epoxide rings is 2. The molecule has 0 aromatic heterocycles. The van der Waals surface area contributed by atoms with Crippen molar-refractivity contribution in [2.45, 2.75) is 63.4 Å². The number of hydrogen-bond donors (Lipinski definition) is 2. The maximum absolute atomic E-state index is 10.8. The van der Waals surface area contributed by atoms with Crippen LogP contribution < -0.4 is 0 Å². The van der Waals surface area contributed by atoms with Gasteiger partial charge in [-0.3, -0.25) is 0 Å². The first kappa shape index (κ1) is 19.5. The zero-order valence-electron chi connectivity index (χ0n) is 14.5. The Morgan fingerprint density at radius 2 is 1.26 bits per heavy atom. The van der Waals surface area contributed by atoms with Gasteiger partial charge in [0.2, 0.25) is 0 Å². The van der Waals surface area contributed by atoms with Crippen LogP contribution in [0.5, 0.6) is 0 Å². The molecule has 2 fully saturated rings. The van der Waals surface area contributed by atoms with Crippen molar-refractivity contribution in [2.24, 2.45) is 0 Å². The topological polar surface area (TPSA) is 93.2 Å². The highest BCUT2D eigenvalue weighted by Gasteiger charge is 2.49. The molecule has 0 spiro atoms. The summed E-state index contributed by atoms with van der Waals surface area (Å²) >= 11 is 0. The second-order valence-corrected chi connectivity index (χ2v) is 12.9. The lowest BCUT2D eigenvalue weighted by Gasteiger charge is -2.38. The maximum atomic E-state index is 10.8. The van der Waals surface area contributed by atoms with Crippen LogP contribution in [-0.2, 0) is 23.1 Å². The first-order valence-corrected chi connectivity index (χ1v) is 13.3. The molecule has 7 nitrogen and oxygen atoms in total. The van der Waals surface area contributed by atoms with Crippen molar-refractivity contribution in [3.8, 4) is 0 Å². The lowest BCUT2D eigenvalue weighted by Crippen LogP contribution is -2.61. The molecule has 0 aromatic carbocycles. The van der Waals surface area contributed by atoms with Gasteiger partial charge in [0.25, 0.3) is 0 Å². The summed E-state index contributed by atoms with van der Waals surface area (Å²) in [5.74, 6) is 0. The molecule has 2 aliphatic heterocycles. The first-order valence-electron chi connectivity index (χ1n) is 8.39. The van der Waals surface area contributed by atoms with Gasteiger partial charge in [-0.25, -0.2) is 0 Å². The Morgan fingerprint density at radius 3 is 1.52 bits per heavy atom. The SMILES string of the molecule is CCC(OCC1CO1)[Si](C)(O)O[Si](C)(O)C(CC)OCC1CO1. The van der Waals surface area contributed by atoms with Crippen LogP contribution in [-0.4, -0.2) is 76.8 Å². The molecule has 2 aliphatic rings. The number of ether oxygens (including phenoxy) is 4. The normalized spacial score (nSPS) is 31.0. The van der Waals surface area contributed by atoms with Crippen LogP contribution in [0.3, 0.4) is 0 Å². The summed E-state index contributed by atoms with van der Waals surface area (Å²) < 4.78 is 27.7. The molecule has 23 heavy (non-hydrogen) atoms. The van der Waals surface area contributed by atoms with Crippen molar-refractivity contribution in [3.05, 3.63) is 0 Å². The molecule has 0 aliphatic carbocycles. The van der Waals surface area contributed by atoms with E-state index in [1.54, 1.807) is 13.1 Å². The minimum absolute atomic E-state index is 0.136. The van der Waals surface area contributed by atoms with Crippen LogP contribution in [0, 0.1) is 0 Å². The fourth-order valence-electron chi connectivity index (χ4n) is 2.63. The second-order valence-electron chi connectivity index (χ2n) is 6.58. The van der Waals surface area contributed by atoms with Crippen molar-refractivity contribution in [3.63, 3.8) is 0 Å². The molecule has 2 N–H and O–H groups in total. The molecule has 2 rings (SSSR count). The molecule has 6 atom stereocenters. The summed E-state index contributed by atoms with van der Waals surface area (Å²) in [5.41, 5.74) is -0.787. The largest absolute Gasteiger partial charge is 0.412 e. The lowest BCUT2D eigenvalue weighted by atomic mass is 10.5. The van der Waals surface area contributed by atoms with E-state index in [1.165, 1.54) is 0 Å². The van der Waals surface area contributed by atoms with Gasteiger partial charge >= 0.3 is 17.1 Å². The highest BCUT2D eigenvalue weighted by molar-refractivity contribution is 6.80. The van der Waals surface area contributed by atoms with Gasteiger partial charge in [-0.2, -0.15) is 0 Å². The third kappa shape index (κ3) is 6.18.